The molecule has 1 amide bonds. The van der Waals surface area contributed by atoms with Crippen LogP contribution in [0, 0.1) is 5.92 Å². The highest BCUT2D eigenvalue weighted by Crippen LogP contribution is 2.44. The van der Waals surface area contributed by atoms with E-state index >= 15 is 0 Å². The van der Waals surface area contributed by atoms with Gasteiger partial charge in [-0.3, -0.25) is 0 Å². The van der Waals surface area contributed by atoms with Crippen molar-refractivity contribution in [3.05, 3.63) is 0 Å². The minimum Gasteiger partial charge on any atom is -0.444 e. The molecule has 0 unspecified atom stereocenters. The first-order chi connectivity index (χ1) is 6.38. The van der Waals surface area contributed by atoms with Crippen LogP contribution in [-0.4, -0.2) is 34.6 Å². The Morgan fingerprint density at radius 3 is 2.50 bits per heavy atom. The van der Waals surface area contributed by atoms with Gasteiger partial charge in [0, 0.05) is 6.54 Å². The van der Waals surface area contributed by atoms with Crippen LogP contribution in [0.1, 0.15) is 27.2 Å². The Hall–Kier alpha value is -0.440. The number of carbonyl (C=O) groups is 1. The normalized spacial score (nSPS) is 35.4. The van der Waals surface area contributed by atoms with Gasteiger partial charge in [-0.2, -0.15) is 0 Å². The molecule has 0 N–H and O–H groups in total. The Bertz CT molecular complexity index is 261. The maximum atomic E-state index is 11.7. The van der Waals surface area contributed by atoms with E-state index in [1.165, 1.54) is 0 Å². The third kappa shape index (κ3) is 1.58. The molecule has 3 fully saturated rings. The van der Waals surface area contributed by atoms with Crippen LogP contribution in [0.25, 0.3) is 0 Å². The Kier molecular flexibility index (Phi) is 2.18. The van der Waals surface area contributed by atoms with Gasteiger partial charge in [-0.1, -0.05) is 0 Å². The van der Waals surface area contributed by atoms with Crippen molar-refractivity contribution in [3.63, 3.8) is 0 Å². The molecular formula is C10H16ClNO2. The van der Waals surface area contributed by atoms with Crippen LogP contribution in [0.5, 0.6) is 0 Å². The second-order valence-electron chi connectivity index (χ2n) is 5.14. The number of halogens is 1. The molecule has 14 heavy (non-hydrogen) atoms. The van der Waals surface area contributed by atoms with Crippen LogP contribution in [0.4, 0.5) is 4.79 Å². The van der Waals surface area contributed by atoms with Crippen LogP contribution >= 0.6 is 11.6 Å². The Morgan fingerprint density at radius 2 is 2.14 bits per heavy atom. The molecule has 0 spiro atoms. The number of nitrogens with zero attached hydrogens (tertiary/aromatic N) is 1. The number of amides is 1. The van der Waals surface area contributed by atoms with E-state index in [4.69, 9.17) is 16.3 Å². The highest BCUT2D eigenvalue weighted by Gasteiger charge is 2.53. The highest BCUT2D eigenvalue weighted by molar-refractivity contribution is 6.22. The molecule has 0 aromatic rings. The fourth-order valence-corrected chi connectivity index (χ4v) is 2.50. The molecule has 3 atom stereocenters. The van der Waals surface area contributed by atoms with Crippen LogP contribution in [-0.2, 0) is 4.74 Å². The lowest BCUT2D eigenvalue weighted by Gasteiger charge is -2.32. The summed E-state index contributed by atoms with van der Waals surface area (Å²) in [6.07, 6.45) is 0.834. The first-order valence-corrected chi connectivity index (χ1v) is 5.46. The number of fused-ring (bicyclic) bond motifs is 1. The van der Waals surface area contributed by atoms with Crippen molar-refractivity contribution in [3.8, 4) is 0 Å². The molecule has 3 rings (SSSR count). The van der Waals surface area contributed by atoms with Gasteiger partial charge in [0.2, 0.25) is 0 Å². The van der Waals surface area contributed by atoms with Gasteiger partial charge in [0.15, 0.2) is 0 Å². The molecule has 3 aliphatic rings. The van der Waals surface area contributed by atoms with Crippen molar-refractivity contribution in [1.82, 2.24) is 4.90 Å². The third-order valence-electron chi connectivity index (χ3n) is 2.82. The fraction of sp³-hybridized carbons (Fsp3) is 0.900. The largest absolute Gasteiger partial charge is 0.444 e. The summed E-state index contributed by atoms with van der Waals surface area (Å²) in [5, 5.41) is 0.155. The summed E-state index contributed by atoms with van der Waals surface area (Å²) in [5.41, 5.74) is -0.411. The maximum absolute atomic E-state index is 11.7. The Balaban J connectivity index is 1.94. The average molecular weight is 218 g/mol. The zero-order valence-electron chi connectivity index (χ0n) is 8.79. The van der Waals surface area contributed by atoms with Gasteiger partial charge in [-0.25, -0.2) is 4.79 Å². The predicted molar refractivity (Wildman–Crippen MR) is 54.5 cm³/mol. The summed E-state index contributed by atoms with van der Waals surface area (Å²) in [6.45, 7) is 6.41. The molecule has 2 aliphatic heterocycles. The molecule has 0 radical (unpaired) electrons. The molecule has 4 heteroatoms. The number of alkyl halides is 1. The minimum atomic E-state index is -0.411. The molecule has 80 valence electrons. The fourth-order valence-electron chi connectivity index (χ4n) is 2.08. The summed E-state index contributed by atoms with van der Waals surface area (Å²) in [4.78, 5) is 13.5. The summed E-state index contributed by atoms with van der Waals surface area (Å²) < 4.78 is 5.30. The lowest BCUT2D eigenvalue weighted by molar-refractivity contribution is 0.0248. The molecule has 1 saturated carbocycles. The van der Waals surface area contributed by atoms with E-state index in [0.717, 1.165) is 13.0 Å². The lowest BCUT2D eigenvalue weighted by atomic mass is 9.86. The minimum absolute atomic E-state index is 0.155. The molecule has 0 aromatic carbocycles. The molecule has 1 aliphatic carbocycles. The summed E-state index contributed by atoms with van der Waals surface area (Å²) in [5.74, 6) is 0.495. The van der Waals surface area contributed by atoms with E-state index in [2.05, 4.69) is 0 Å². The monoisotopic (exact) mass is 217 g/mol. The van der Waals surface area contributed by atoms with Crippen molar-refractivity contribution in [2.24, 2.45) is 5.92 Å². The first-order valence-electron chi connectivity index (χ1n) is 5.02. The van der Waals surface area contributed by atoms with Gasteiger partial charge in [0.25, 0.3) is 0 Å². The van der Waals surface area contributed by atoms with Crippen molar-refractivity contribution >= 4 is 17.7 Å². The molecule has 0 aromatic heterocycles. The van der Waals surface area contributed by atoms with Gasteiger partial charge in [-0.15, -0.1) is 11.6 Å². The lowest BCUT2D eigenvalue weighted by Crippen LogP contribution is -2.43. The number of hydrogen-bond acceptors (Lipinski definition) is 2. The Morgan fingerprint density at radius 1 is 1.50 bits per heavy atom. The van der Waals surface area contributed by atoms with E-state index in [0.29, 0.717) is 5.92 Å². The van der Waals surface area contributed by atoms with Crippen LogP contribution in [0.3, 0.4) is 0 Å². The van der Waals surface area contributed by atoms with Crippen molar-refractivity contribution in [2.75, 3.05) is 6.54 Å². The van der Waals surface area contributed by atoms with Gasteiger partial charge in [0.05, 0.1) is 11.4 Å². The number of carbonyl (C=O) groups excluding carboxylic acids is 1. The number of rotatable bonds is 0. The zero-order chi connectivity index (χ0) is 10.5. The maximum Gasteiger partial charge on any atom is 0.410 e. The van der Waals surface area contributed by atoms with Crippen LogP contribution in [0.2, 0.25) is 0 Å². The second kappa shape index (κ2) is 3.02. The smallest absolute Gasteiger partial charge is 0.410 e. The van der Waals surface area contributed by atoms with Crippen molar-refractivity contribution in [2.45, 2.75) is 44.2 Å². The summed E-state index contributed by atoms with van der Waals surface area (Å²) in [6, 6.07) is 0.219. The highest BCUT2D eigenvalue weighted by atomic mass is 35.5. The van der Waals surface area contributed by atoms with Gasteiger partial charge in [0.1, 0.15) is 5.60 Å². The van der Waals surface area contributed by atoms with Crippen molar-refractivity contribution in [1.29, 1.82) is 0 Å². The van der Waals surface area contributed by atoms with E-state index in [9.17, 15) is 4.79 Å². The molecule has 3 nitrogen and oxygen atoms in total. The number of hydrogen-bond donors (Lipinski definition) is 0. The van der Waals surface area contributed by atoms with Crippen LogP contribution < -0.4 is 0 Å². The summed E-state index contributed by atoms with van der Waals surface area (Å²) in [7, 11) is 0. The standard InChI is InChI=1S/C10H16ClNO2/c1-10(2,3)14-9(13)12-5-6-4-7(12)8(6)11/h6-8H,4-5H2,1-3H3/t6-,7-,8+/m1/s1. The topological polar surface area (TPSA) is 29.5 Å². The SMILES string of the molecule is CC(C)(C)OC(=O)N1C[C@H]2C[C@@H]1[C@H]2Cl. The van der Waals surface area contributed by atoms with E-state index in [-0.39, 0.29) is 17.5 Å². The molecule has 2 heterocycles. The summed E-state index contributed by atoms with van der Waals surface area (Å²) >= 11 is 6.07. The predicted octanol–water partition coefficient (Wildman–Crippen LogP) is 2.23. The Labute approximate surface area is 89.4 Å². The zero-order valence-corrected chi connectivity index (χ0v) is 9.54. The van der Waals surface area contributed by atoms with Crippen molar-refractivity contribution < 1.29 is 9.53 Å². The van der Waals surface area contributed by atoms with Gasteiger partial charge < -0.3 is 9.64 Å². The van der Waals surface area contributed by atoms with E-state index in [1.54, 1.807) is 4.90 Å². The van der Waals surface area contributed by atoms with E-state index < -0.39 is 5.60 Å². The first kappa shape index (κ1) is 10.1. The third-order valence-corrected chi connectivity index (χ3v) is 3.47. The second-order valence-corrected chi connectivity index (χ2v) is 5.64. The van der Waals surface area contributed by atoms with Gasteiger partial charge >= 0.3 is 6.09 Å². The van der Waals surface area contributed by atoms with Crippen LogP contribution in [0.15, 0.2) is 0 Å². The quantitative estimate of drug-likeness (QED) is 0.583. The average Bonchev–Trinajstić information content (AvgIpc) is 2.55. The van der Waals surface area contributed by atoms with Gasteiger partial charge in [-0.05, 0) is 33.1 Å². The molecule has 2 saturated heterocycles. The van der Waals surface area contributed by atoms with E-state index in [1.807, 2.05) is 20.8 Å². The molecular weight excluding hydrogens is 202 g/mol. The number of ether oxygens (including phenoxy) is 1. The molecule has 2 bridgehead atoms.